The van der Waals surface area contributed by atoms with Crippen molar-refractivity contribution < 1.29 is 19.1 Å². The average molecular weight is 405 g/mol. The van der Waals surface area contributed by atoms with Gasteiger partial charge in [0.1, 0.15) is 17.1 Å². The Morgan fingerprint density at radius 1 is 1.11 bits per heavy atom. The summed E-state index contributed by atoms with van der Waals surface area (Å²) in [5.41, 5.74) is 6.66. The molecular weight excluding hydrogens is 380 g/mol. The highest BCUT2D eigenvalue weighted by Gasteiger charge is 2.18. The zero-order chi connectivity index (χ0) is 21.1. The molecule has 0 radical (unpaired) electrons. The Hall–Kier alpha value is -2.73. The predicted molar refractivity (Wildman–Crippen MR) is 111 cm³/mol. The molecule has 2 aromatic rings. The highest BCUT2D eigenvalue weighted by molar-refractivity contribution is 6.32. The van der Waals surface area contributed by atoms with Gasteiger partial charge in [0, 0.05) is 28.9 Å². The summed E-state index contributed by atoms with van der Waals surface area (Å²) in [5, 5.41) is 2.93. The van der Waals surface area contributed by atoms with Crippen molar-refractivity contribution >= 4 is 34.9 Å². The second kappa shape index (κ2) is 8.52. The first-order valence-corrected chi connectivity index (χ1v) is 9.25. The first-order valence-electron chi connectivity index (χ1n) is 8.87. The number of halogens is 1. The van der Waals surface area contributed by atoms with Crippen LogP contribution in [0.15, 0.2) is 36.4 Å². The van der Waals surface area contributed by atoms with Gasteiger partial charge in [0.05, 0.1) is 5.02 Å². The highest BCUT2D eigenvalue weighted by atomic mass is 35.5. The zero-order valence-electron chi connectivity index (χ0n) is 16.6. The van der Waals surface area contributed by atoms with Gasteiger partial charge in [-0.05, 0) is 51.1 Å². The van der Waals surface area contributed by atoms with Crippen LogP contribution in [0.4, 0.5) is 16.2 Å². The van der Waals surface area contributed by atoms with E-state index in [9.17, 15) is 9.59 Å². The molecule has 0 aliphatic heterocycles. The van der Waals surface area contributed by atoms with Crippen LogP contribution in [-0.4, -0.2) is 17.5 Å². The summed E-state index contributed by atoms with van der Waals surface area (Å²) in [4.78, 5) is 24.0. The van der Waals surface area contributed by atoms with Crippen LogP contribution in [0, 0.1) is 5.92 Å². The number of hydrogen-bond acceptors (Lipinski definition) is 5. The minimum atomic E-state index is -0.576. The second-order valence-corrected chi connectivity index (χ2v) is 8.05. The van der Waals surface area contributed by atoms with E-state index in [0.29, 0.717) is 28.4 Å². The fourth-order valence-corrected chi connectivity index (χ4v) is 2.53. The van der Waals surface area contributed by atoms with Crippen molar-refractivity contribution in [1.29, 1.82) is 0 Å². The van der Waals surface area contributed by atoms with Gasteiger partial charge in [-0.2, -0.15) is 0 Å². The second-order valence-electron chi connectivity index (χ2n) is 7.64. The highest BCUT2D eigenvalue weighted by Crippen LogP contribution is 2.34. The van der Waals surface area contributed by atoms with Gasteiger partial charge in [0.25, 0.3) is 0 Å². The third kappa shape index (κ3) is 5.89. The minimum Gasteiger partial charge on any atom is -0.456 e. The molecule has 0 saturated carbocycles. The van der Waals surface area contributed by atoms with Crippen molar-refractivity contribution in [2.75, 3.05) is 11.1 Å². The van der Waals surface area contributed by atoms with Gasteiger partial charge in [-0.25, -0.2) is 4.79 Å². The molecule has 0 aromatic heterocycles. The predicted octanol–water partition coefficient (Wildman–Crippen LogP) is 5.90. The number of nitrogens with two attached hydrogens (primary N) is 1. The van der Waals surface area contributed by atoms with Crippen LogP contribution in [0.2, 0.25) is 5.02 Å². The fourth-order valence-electron chi connectivity index (χ4n) is 2.33. The Morgan fingerprint density at radius 2 is 1.71 bits per heavy atom. The van der Waals surface area contributed by atoms with Gasteiger partial charge in [-0.15, -0.1) is 0 Å². The molecule has 6 nitrogen and oxygen atoms in total. The number of anilines is 2. The Morgan fingerprint density at radius 3 is 2.25 bits per heavy atom. The normalized spacial score (nSPS) is 11.2. The molecule has 0 bridgehead atoms. The molecular formula is C21H25ClN2O4. The summed E-state index contributed by atoms with van der Waals surface area (Å²) in [6.45, 7) is 8.97. The maximum absolute atomic E-state index is 12.2. The molecule has 0 heterocycles. The number of carbonyl (C=O) groups is 2. The van der Waals surface area contributed by atoms with Crippen LogP contribution in [0.5, 0.6) is 11.5 Å². The van der Waals surface area contributed by atoms with E-state index in [2.05, 4.69) is 5.32 Å². The molecule has 150 valence electrons. The molecule has 0 saturated heterocycles. The van der Waals surface area contributed by atoms with Crippen molar-refractivity contribution in [3.8, 4) is 11.5 Å². The SMILES string of the molecule is CC(C)C(=O)c1cc(Cl)c(Oc2ccc(NC(=O)OC(C)(C)C)cc2)cc1N. The summed E-state index contributed by atoms with van der Waals surface area (Å²) in [6.07, 6.45) is -0.539. The number of rotatable bonds is 5. The average Bonchev–Trinajstić information content (AvgIpc) is 2.57. The van der Waals surface area contributed by atoms with Gasteiger partial charge < -0.3 is 15.2 Å². The number of benzene rings is 2. The van der Waals surface area contributed by atoms with Crippen molar-refractivity contribution in [3.05, 3.63) is 47.0 Å². The molecule has 3 N–H and O–H groups in total. The van der Waals surface area contributed by atoms with E-state index in [0.717, 1.165) is 0 Å². The summed E-state index contributed by atoms with van der Waals surface area (Å²) in [6, 6.07) is 9.75. The standard InChI is InChI=1S/C21H25ClN2O4/c1-12(2)19(25)15-10-16(22)18(11-17(15)23)27-14-8-6-13(7-9-14)24-20(26)28-21(3,4)5/h6-12H,23H2,1-5H3,(H,24,26). The first kappa shape index (κ1) is 21.6. The Balaban J connectivity index is 2.11. The minimum absolute atomic E-state index is 0.0801. The smallest absolute Gasteiger partial charge is 0.412 e. The van der Waals surface area contributed by atoms with Gasteiger partial charge in [0.2, 0.25) is 0 Å². The lowest BCUT2D eigenvalue weighted by molar-refractivity contribution is 0.0635. The maximum Gasteiger partial charge on any atom is 0.412 e. The summed E-state index contributed by atoms with van der Waals surface area (Å²) in [7, 11) is 0. The quantitative estimate of drug-likeness (QED) is 0.478. The number of carbonyl (C=O) groups excluding carboxylic acids is 2. The molecule has 0 atom stereocenters. The van der Waals surface area contributed by atoms with Crippen LogP contribution in [0.3, 0.4) is 0 Å². The third-order valence-electron chi connectivity index (χ3n) is 3.62. The van der Waals surface area contributed by atoms with Crippen LogP contribution in [0.25, 0.3) is 0 Å². The van der Waals surface area contributed by atoms with Crippen LogP contribution in [-0.2, 0) is 4.74 Å². The Bertz CT molecular complexity index is 871. The van der Waals surface area contributed by atoms with Gasteiger partial charge in [0.15, 0.2) is 5.78 Å². The zero-order valence-corrected chi connectivity index (χ0v) is 17.4. The Kier molecular flexibility index (Phi) is 6.56. The molecule has 28 heavy (non-hydrogen) atoms. The van der Waals surface area contributed by atoms with Gasteiger partial charge >= 0.3 is 6.09 Å². The van der Waals surface area contributed by atoms with Crippen molar-refractivity contribution in [3.63, 3.8) is 0 Å². The molecule has 0 fully saturated rings. The van der Waals surface area contributed by atoms with E-state index in [1.807, 2.05) is 0 Å². The summed E-state index contributed by atoms with van der Waals surface area (Å²) in [5.74, 6) is 0.574. The molecule has 0 spiro atoms. The van der Waals surface area contributed by atoms with Crippen LogP contribution in [0.1, 0.15) is 45.0 Å². The van der Waals surface area contributed by atoms with E-state index in [1.54, 1.807) is 58.9 Å². The molecule has 2 rings (SSSR count). The molecule has 1 amide bonds. The lowest BCUT2D eigenvalue weighted by Crippen LogP contribution is -2.27. The number of amides is 1. The van der Waals surface area contributed by atoms with Gasteiger partial charge in [-0.3, -0.25) is 10.1 Å². The lowest BCUT2D eigenvalue weighted by atomic mass is 9.99. The monoisotopic (exact) mass is 404 g/mol. The van der Waals surface area contributed by atoms with E-state index in [-0.39, 0.29) is 16.7 Å². The van der Waals surface area contributed by atoms with E-state index >= 15 is 0 Å². The van der Waals surface area contributed by atoms with E-state index in [4.69, 9.17) is 26.8 Å². The largest absolute Gasteiger partial charge is 0.456 e. The number of ketones is 1. The molecule has 0 aliphatic carbocycles. The number of ether oxygens (including phenoxy) is 2. The number of hydrogen-bond donors (Lipinski definition) is 2. The summed E-state index contributed by atoms with van der Waals surface area (Å²) >= 11 is 6.26. The fraction of sp³-hybridized carbons (Fsp3) is 0.333. The molecule has 0 unspecified atom stereocenters. The van der Waals surface area contributed by atoms with Crippen molar-refractivity contribution in [2.24, 2.45) is 5.92 Å². The number of nitrogen functional groups attached to an aromatic ring is 1. The van der Waals surface area contributed by atoms with Gasteiger partial charge in [-0.1, -0.05) is 25.4 Å². The molecule has 7 heteroatoms. The number of nitrogens with one attached hydrogen (secondary N) is 1. The van der Waals surface area contributed by atoms with E-state index < -0.39 is 11.7 Å². The van der Waals surface area contributed by atoms with Crippen molar-refractivity contribution in [2.45, 2.75) is 40.2 Å². The van der Waals surface area contributed by atoms with E-state index in [1.165, 1.54) is 12.1 Å². The molecule has 0 aliphatic rings. The topological polar surface area (TPSA) is 90.6 Å². The summed E-state index contributed by atoms with van der Waals surface area (Å²) < 4.78 is 11.0. The molecule has 2 aromatic carbocycles. The maximum atomic E-state index is 12.2. The van der Waals surface area contributed by atoms with Crippen molar-refractivity contribution in [1.82, 2.24) is 0 Å². The van der Waals surface area contributed by atoms with Crippen LogP contribution >= 0.6 is 11.6 Å². The lowest BCUT2D eigenvalue weighted by Gasteiger charge is -2.19. The first-order chi connectivity index (χ1) is 13.0. The van der Waals surface area contributed by atoms with Crippen LogP contribution < -0.4 is 15.8 Å². The Labute approximate surface area is 170 Å². The third-order valence-corrected chi connectivity index (χ3v) is 3.92. The number of Topliss-reactive ketones (excluding diaryl/α,β-unsaturated/α-hetero) is 1.